The van der Waals surface area contributed by atoms with E-state index in [1.54, 1.807) is 33.1 Å². The fourth-order valence-electron chi connectivity index (χ4n) is 2.72. The van der Waals surface area contributed by atoms with E-state index < -0.39 is 29.6 Å². The molecule has 11 heteroatoms. The van der Waals surface area contributed by atoms with E-state index in [1.807, 2.05) is 12.1 Å². The van der Waals surface area contributed by atoms with Gasteiger partial charge in [0.15, 0.2) is 11.6 Å². The molecule has 8 nitrogen and oxygen atoms in total. The van der Waals surface area contributed by atoms with E-state index in [0.717, 1.165) is 17.7 Å². The Morgan fingerprint density at radius 2 is 1.72 bits per heavy atom. The van der Waals surface area contributed by atoms with Crippen LogP contribution in [0.2, 0.25) is 0 Å². The molecule has 168 valence electrons. The van der Waals surface area contributed by atoms with Gasteiger partial charge in [0, 0.05) is 17.3 Å². The van der Waals surface area contributed by atoms with Crippen molar-refractivity contribution in [3.8, 4) is 16.3 Å². The van der Waals surface area contributed by atoms with Crippen LogP contribution in [0.15, 0.2) is 42.5 Å². The largest absolute Gasteiger partial charge is 0.497 e. The third kappa shape index (κ3) is 5.76. The zero-order valence-corrected chi connectivity index (χ0v) is 18.3. The molecule has 3 N–H and O–H groups in total. The highest BCUT2D eigenvalue weighted by molar-refractivity contribution is 7.18. The first-order valence-corrected chi connectivity index (χ1v) is 10.4. The Bertz CT molecular complexity index is 1110. The van der Waals surface area contributed by atoms with Crippen LogP contribution in [-0.4, -0.2) is 35.3 Å². The van der Waals surface area contributed by atoms with E-state index in [-0.39, 0.29) is 16.7 Å². The Hall–Kier alpha value is -3.60. The first-order chi connectivity index (χ1) is 15.3. The summed E-state index contributed by atoms with van der Waals surface area (Å²) in [6, 6.07) is 8.55. The number of urea groups is 1. The van der Waals surface area contributed by atoms with Crippen molar-refractivity contribution in [2.75, 3.05) is 17.7 Å². The normalized spacial score (nSPS) is 11.7. The Kier molecular flexibility index (Phi) is 7.31. The molecule has 2 aromatic carbocycles. The standard InChI is InChI=1S/C21H21F2N5O3S/c1-11(2)17(25-20(30)24-13-6-9-15(22)16(23)10-13)18(29)26-21-28-27-19(32-21)12-4-7-14(31-3)8-5-12/h4-11,17H,1-3H3,(H2,24,25,30)(H,26,28,29). The molecule has 0 radical (unpaired) electrons. The van der Waals surface area contributed by atoms with Gasteiger partial charge in [-0.3, -0.25) is 10.1 Å². The average molecular weight is 461 g/mol. The van der Waals surface area contributed by atoms with Crippen LogP contribution in [0.3, 0.4) is 0 Å². The summed E-state index contributed by atoms with van der Waals surface area (Å²) >= 11 is 1.18. The van der Waals surface area contributed by atoms with Crippen LogP contribution in [-0.2, 0) is 4.79 Å². The second-order valence-corrected chi connectivity index (χ2v) is 8.06. The number of halogens is 2. The zero-order valence-electron chi connectivity index (χ0n) is 17.5. The van der Waals surface area contributed by atoms with Crippen molar-refractivity contribution in [2.24, 2.45) is 5.92 Å². The Labute approximate surface area is 187 Å². The number of amides is 3. The summed E-state index contributed by atoms with van der Waals surface area (Å²) in [6.45, 7) is 3.51. The number of rotatable bonds is 7. The third-order valence-corrected chi connectivity index (χ3v) is 5.29. The molecule has 0 fully saturated rings. The summed E-state index contributed by atoms with van der Waals surface area (Å²) in [6.07, 6.45) is 0. The summed E-state index contributed by atoms with van der Waals surface area (Å²) in [7, 11) is 1.57. The zero-order chi connectivity index (χ0) is 23.3. The number of aromatic nitrogens is 2. The molecular weight excluding hydrogens is 440 g/mol. The monoisotopic (exact) mass is 461 g/mol. The predicted molar refractivity (Wildman–Crippen MR) is 118 cm³/mol. The van der Waals surface area contributed by atoms with E-state index in [9.17, 15) is 18.4 Å². The van der Waals surface area contributed by atoms with Crippen molar-refractivity contribution >= 4 is 34.1 Å². The van der Waals surface area contributed by atoms with Gasteiger partial charge in [-0.2, -0.15) is 0 Å². The Morgan fingerprint density at radius 1 is 1.00 bits per heavy atom. The molecule has 1 unspecified atom stereocenters. The summed E-state index contributed by atoms with van der Waals surface area (Å²) in [5.41, 5.74) is 0.866. The highest BCUT2D eigenvalue weighted by atomic mass is 32.1. The van der Waals surface area contributed by atoms with Crippen LogP contribution in [0.25, 0.3) is 10.6 Å². The van der Waals surface area contributed by atoms with Crippen molar-refractivity contribution in [1.29, 1.82) is 0 Å². The maximum Gasteiger partial charge on any atom is 0.319 e. The van der Waals surface area contributed by atoms with Gasteiger partial charge in [0.25, 0.3) is 0 Å². The fourth-order valence-corrected chi connectivity index (χ4v) is 3.48. The number of nitrogens with zero attached hydrogens (tertiary/aromatic N) is 2. The lowest BCUT2D eigenvalue weighted by atomic mass is 10.0. The van der Waals surface area contributed by atoms with Crippen molar-refractivity contribution in [3.63, 3.8) is 0 Å². The molecule has 3 amide bonds. The molecule has 3 rings (SSSR count). The van der Waals surface area contributed by atoms with E-state index >= 15 is 0 Å². The van der Waals surface area contributed by atoms with Gasteiger partial charge in [-0.25, -0.2) is 13.6 Å². The lowest BCUT2D eigenvalue weighted by Crippen LogP contribution is -2.48. The number of methoxy groups -OCH3 is 1. The number of anilines is 2. The van der Waals surface area contributed by atoms with Gasteiger partial charge < -0.3 is 15.4 Å². The average Bonchev–Trinajstić information content (AvgIpc) is 3.22. The van der Waals surface area contributed by atoms with Gasteiger partial charge >= 0.3 is 6.03 Å². The number of carbonyl (C=O) groups is 2. The van der Waals surface area contributed by atoms with Gasteiger partial charge in [0.1, 0.15) is 16.8 Å². The van der Waals surface area contributed by atoms with Gasteiger partial charge in [0.2, 0.25) is 11.0 Å². The number of nitrogens with one attached hydrogen (secondary N) is 3. The number of hydrogen-bond donors (Lipinski definition) is 3. The molecule has 1 aromatic heterocycles. The van der Waals surface area contributed by atoms with Gasteiger partial charge in [-0.05, 0) is 42.3 Å². The second kappa shape index (κ2) is 10.1. The molecule has 0 saturated carbocycles. The second-order valence-electron chi connectivity index (χ2n) is 7.08. The van der Waals surface area contributed by atoms with Crippen molar-refractivity contribution in [2.45, 2.75) is 19.9 Å². The van der Waals surface area contributed by atoms with Gasteiger partial charge in [-0.1, -0.05) is 25.2 Å². The minimum atomic E-state index is -1.09. The number of hydrogen-bond acceptors (Lipinski definition) is 6. The minimum Gasteiger partial charge on any atom is -0.497 e. The van der Waals surface area contributed by atoms with Crippen molar-refractivity contribution in [1.82, 2.24) is 15.5 Å². The molecule has 0 aliphatic rings. The number of ether oxygens (including phenoxy) is 1. The van der Waals surface area contributed by atoms with E-state index in [0.29, 0.717) is 10.8 Å². The van der Waals surface area contributed by atoms with Crippen LogP contribution in [0.1, 0.15) is 13.8 Å². The van der Waals surface area contributed by atoms with Gasteiger partial charge in [0.05, 0.1) is 7.11 Å². The molecular formula is C21H21F2N5O3S. The molecule has 32 heavy (non-hydrogen) atoms. The molecule has 0 aliphatic carbocycles. The molecule has 0 spiro atoms. The van der Waals surface area contributed by atoms with Crippen molar-refractivity contribution < 1.29 is 23.1 Å². The fraction of sp³-hybridized carbons (Fsp3) is 0.238. The van der Waals surface area contributed by atoms with Crippen LogP contribution in [0.5, 0.6) is 5.75 Å². The molecule has 0 bridgehead atoms. The Balaban J connectivity index is 1.64. The van der Waals surface area contributed by atoms with E-state index in [4.69, 9.17) is 4.74 Å². The topological polar surface area (TPSA) is 105 Å². The first-order valence-electron chi connectivity index (χ1n) is 9.58. The van der Waals surface area contributed by atoms with Crippen LogP contribution >= 0.6 is 11.3 Å². The maximum absolute atomic E-state index is 13.3. The SMILES string of the molecule is COc1ccc(-c2nnc(NC(=O)C(NC(=O)Nc3ccc(F)c(F)c3)C(C)C)s2)cc1. The number of carbonyl (C=O) groups excluding carboxylic acids is 2. The van der Waals surface area contributed by atoms with Crippen LogP contribution < -0.4 is 20.7 Å². The summed E-state index contributed by atoms with van der Waals surface area (Å²) in [5.74, 6) is -2.16. The number of benzene rings is 2. The van der Waals surface area contributed by atoms with Crippen LogP contribution in [0, 0.1) is 17.6 Å². The van der Waals surface area contributed by atoms with E-state index in [2.05, 4.69) is 26.1 Å². The molecule has 1 heterocycles. The lowest BCUT2D eigenvalue weighted by molar-refractivity contribution is -0.118. The first kappa shape index (κ1) is 23.1. The summed E-state index contributed by atoms with van der Waals surface area (Å²) in [5, 5.41) is 16.5. The molecule has 0 aliphatic heterocycles. The summed E-state index contributed by atoms with van der Waals surface area (Å²) in [4.78, 5) is 25.0. The third-order valence-electron chi connectivity index (χ3n) is 4.41. The summed E-state index contributed by atoms with van der Waals surface area (Å²) < 4.78 is 31.5. The van der Waals surface area contributed by atoms with Gasteiger partial charge in [-0.15, -0.1) is 10.2 Å². The quantitative estimate of drug-likeness (QED) is 0.487. The smallest absolute Gasteiger partial charge is 0.319 e. The molecule has 0 saturated heterocycles. The minimum absolute atomic E-state index is 0.0533. The van der Waals surface area contributed by atoms with E-state index in [1.165, 1.54) is 17.4 Å². The van der Waals surface area contributed by atoms with Crippen molar-refractivity contribution in [3.05, 3.63) is 54.1 Å². The molecule has 3 aromatic rings. The van der Waals surface area contributed by atoms with Crippen LogP contribution in [0.4, 0.5) is 24.4 Å². The maximum atomic E-state index is 13.3. The highest BCUT2D eigenvalue weighted by Crippen LogP contribution is 2.28. The highest BCUT2D eigenvalue weighted by Gasteiger charge is 2.25. The lowest BCUT2D eigenvalue weighted by Gasteiger charge is -2.21. The molecule has 1 atom stereocenters. The predicted octanol–water partition coefficient (Wildman–Crippen LogP) is 4.28. The Morgan fingerprint density at radius 3 is 2.34 bits per heavy atom.